The molecule has 0 rings (SSSR count). The zero-order valence-corrected chi connectivity index (χ0v) is 16.8. The second kappa shape index (κ2) is 13.5. The highest BCUT2D eigenvalue weighted by molar-refractivity contribution is 14.1. The normalized spacial score (nSPS) is 10.3. The third-order valence-electron chi connectivity index (χ3n) is 4.68. The van der Waals surface area contributed by atoms with Crippen molar-refractivity contribution in [3.05, 3.63) is 0 Å². The van der Waals surface area contributed by atoms with E-state index in [1.807, 2.05) is 0 Å². The molecule has 28 radical (unpaired) electrons. The molecule has 0 amide bonds. The quantitative estimate of drug-likeness (QED) is 0.194. The third-order valence-corrected chi connectivity index (χ3v) is 5.32. The third kappa shape index (κ3) is 7.82. The molecular formula is HB24IN-3. The van der Waals surface area contributed by atoms with Gasteiger partial charge in [-0.2, -0.15) is 0 Å². The lowest BCUT2D eigenvalue weighted by atomic mass is 8.39. The Labute approximate surface area is 196 Å². The maximum absolute atomic E-state index is 8.28. The van der Waals surface area contributed by atoms with Gasteiger partial charge in [-0.25, -0.2) is 0 Å². The first-order chi connectivity index (χ1) is 12.3. The van der Waals surface area contributed by atoms with Crippen LogP contribution in [0.25, 0.3) is 0 Å². The lowest BCUT2D eigenvalue weighted by Crippen LogP contribution is -2.85. The first-order valence-electron chi connectivity index (χ1n) is 8.54. The highest BCUT2D eigenvalue weighted by Crippen LogP contribution is 2.10. The number of hydrogen-bond donors (Lipinski definition) is 1. The van der Waals surface area contributed by atoms with Crippen LogP contribution in [0.5, 0.6) is 0 Å². The van der Waals surface area contributed by atoms with Crippen LogP contribution in [0.15, 0.2) is 0 Å². The smallest absolute Gasteiger partial charge is 0.129 e. The Morgan fingerprint density at radius 1 is 0.731 bits per heavy atom. The van der Waals surface area contributed by atoms with Crippen molar-refractivity contribution in [2.24, 2.45) is 0 Å². The van der Waals surface area contributed by atoms with Crippen LogP contribution >= 0.6 is 22.9 Å². The van der Waals surface area contributed by atoms with Crippen molar-refractivity contribution in [1.82, 2.24) is 3.43 Å². The molecule has 0 aliphatic heterocycles. The second-order valence-electron chi connectivity index (χ2n) is 6.55. The van der Waals surface area contributed by atoms with E-state index >= 15 is 0 Å². The van der Waals surface area contributed by atoms with Gasteiger partial charge in [0.25, 0.3) is 0 Å². The van der Waals surface area contributed by atoms with Crippen LogP contribution < -0.4 is 3.43 Å². The average Bonchev–Trinajstić information content (AvgIpc) is 2.48. The fraction of sp³-hybridized carbons (Fsp3) is 0. The summed E-state index contributed by atoms with van der Waals surface area (Å²) in [5.41, 5.74) is 0. The van der Waals surface area contributed by atoms with Crippen molar-refractivity contribution in [1.29, 1.82) is 0 Å². The minimum atomic E-state index is -0.999. The Kier molecular flexibility index (Phi) is 13.7. The fourth-order valence-electron chi connectivity index (χ4n) is 3.48. The summed E-state index contributed by atoms with van der Waals surface area (Å²) in [5, 5.41) is 0. The zero-order valence-electron chi connectivity index (χ0n) is 15.7. The SMILES string of the molecule is [3H]N(I)B(B(B([B])[B])B([B])[B][B-])B(B(B([B])[B])B([B])[B])B(B([B])[B])B([B-])[B-]. The van der Waals surface area contributed by atoms with Crippen LogP contribution in [0.2, 0.25) is 1.41 Å². The molecule has 0 aromatic rings. The van der Waals surface area contributed by atoms with Gasteiger partial charge in [0.05, 0.1) is 0 Å². The Morgan fingerprint density at radius 3 is 1.35 bits per heavy atom. The molecule has 1 nitrogen and oxygen atoms in total. The molecule has 0 atom stereocenters. The molecule has 88 valence electrons. The van der Waals surface area contributed by atoms with Crippen LogP contribution in [0.3, 0.4) is 0 Å². The van der Waals surface area contributed by atoms with E-state index in [-0.39, 0.29) is 0 Å². The standard InChI is InChI=1S/B24HIN/c1-13-19(12)22(18(10)11)24(26-25)23(20(14(2)3)15(4)5)21(16(6)7)17(8)9/h26H/q-3/i/hT. The van der Waals surface area contributed by atoms with E-state index in [9.17, 15) is 0 Å². The summed E-state index contributed by atoms with van der Waals surface area (Å²) in [6.07, 6.45) is -8.85. The van der Waals surface area contributed by atoms with Crippen molar-refractivity contribution in [2.45, 2.75) is 0 Å². The summed E-state index contributed by atoms with van der Waals surface area (Å²) in [6.45, 7) is -0.830. The molecule has 0 aliphatic carbocycles. The molecule has 0 aromatic heterocycles. The summed E-state index contributed by atoms with van der Waals surface area (Å²) < 4.78 is 9.35. The zero-order chi connectivity index (χ0) is 21.6. The van der Waals surface area contributed by atoms with Crippen LogP contribution in [-0.2, 0) is 0 Å². The van der Waals surface area contributed by atoms with E-state index in [1.54, 1.807) is 22.9 Å². The topological polar surface area (TPSA) is 12.0 Å². The van der Waals surface area contributed by atoms with Gasteiger partial charge in [0.15, 0.2) is 0 Å². The summed E-state index contributed by atoms with van der Waals surface area (Å²) in [7, 11) is 72.4. The average molecular weight is 403 g/mol. The molecule has 26 heteroatoms. The summed E-state index contributed by atoms with van der Waals surface area (Å²) in [6, 6.07) is 0. The maximum Gasteiger partial charge on any atom is 0.129 e. The summed E-state index contributed by atoms with van der Waals surface area (Å²) in [4.78, 5) is 0. The molecule has 0 unspecified atom stereocenters. The highest BCUT2D eigenvalue weighted by Gasteiger charge is 2.46. The Bertz CT molecular complexity index is 356. The van der Waals surface area contributed by atoms with E-state index in [0.717, 1.165) is 3.43 Å². The van der Waals surface area contributed by atoms with Gasteiger partial charge < -0.3 is 33.0 Å². The Morgan fingerprint density at radius 2 is 1.12 bits per heavy atom. The van der Waals surface area contributed by atoms with Crippen molar-refractivity contribution >= 4 is 193 Å². The Hall–Kier alpha value is 2.25. The van der Waals surface area contributed by atoms with Crippen molar-refractivity contribution in [3.63, 3.8) is 0 Å². The van der Waals surface area contributed by atoms with Gasteiger partial charge in [0.1, 0.15) is 8.04 Å². The summed E-state index contributed by atoms with van der Waals surface area (Å²) in [5.74, 6) is 0. The van der Waals surface area contributed by atoms with Gasteiger partial charge in [-0.1, -0.05) is 6.39 Å². The number of halogens is 1. The molecule has 0 saturated carbocycles. The van der Waals surface area contributed by atoms with E-state index in [1.165, 1.54) is 7.06 Å². The molecule has 0 heterocycles. The van der Waals surface area contributed by atoms with Gasteiger partial charge in [-0.05, 0) is 36.0 Å². The molecule has 0 bridgehead atoms. The first kappa shape index (κ1) is 26.3. The predicted molar refractivity (Wildman–Crippen MR) is 155 cm³/mol. The molecule has 0 saturated heterocycles. The van der Waals surface area contributed by atoms with Gasteiger partial charge in [-0.15, -0.1) is 0 Å². The first-order valence-corrected chi connectivity index (χ1v) is 9.06. The number of nitrogens with one attached hydrogen (secondary N) is 1. The van der Waals surface area contributed by atoms with Gasteiger partial charge in [-0.3, -0.25) is 7.06 Å². The second-order valence-corrected chi connectivity index (χ2v) is 7.11. The lowest BCUT2D eigenvalue weighted by molar-refractivity contribution is 1.79. The Balaban J connectivity index is 6.61. The van der Waals surface area contributed by atoms with Crippen LogP contribution in [0.1, 0.15) is 0 Å². The minimum absolute atomic E-state index is 0.741. The van der Waals surface area contributed by atoms with Gasteiger partial charge >= 0.3 is 0 Å². The highest BCUT2D eigenvalue weighted by atomic mass is 127. The molecule has 26 heavy (non-hydrogen) atoms. The molecule has 0 aromatic carbocycles. The van der Waals surface area contributed by atoms with Gasteiger partial charge in [0.2, 0.25) is 0 Å². The van der Waals surface area contributed by atoms with E-state index in [0.29, 0.717) is 0 Å². The number of rotatable bonds is 12. The van der Waals surface area contributed by atoms with Crippen LogP contribution in [-0.4, -0.2) is 170 Å². The number of hydrogen-bond acceptors (Lipinski definition) is 1. The lowest BCUT2D eigenvalue weighted by Gasteiger charge is -2.54. The molecule has 0 fully saturated rings. The van der Waals surface area contributed by atoms with Crippen LogP contribution in [0.4, 0.5) is 0 Å². The molecule has 0 spiro atoms. The molecular weight excluding hydrogens is 400 g/mol. The van der Waals surface area contributed by atoms with E-state index in [4.69, 9.17) is 94.3 Å². The van der Waals surface area contributed by atoms with Crippen molar-refractivity contribution in [3.8, 4) is 0 Å². The maximum atomic E-state index is 8.28. The van der Waals surface area contributed by atoms with E-state index in [2.05, 4.69) is 0 Å². The van der Waals surface area contributed by atoms with E-state index < -0.39 is 70.5 Å². The predicted octanol–water partition coefficient (Wildman–Crippen LogP) is -8.75. The van der Waals surface area contributed by atoms with Crippen molar-refractivity contribution in [2.75, 3.05) is 0 Å². The monoisotopic (exact) mass is 408 g/mol. The molecule has 1 N–H and O–H groups in total. The van der Waals surface area contributed by atoms with Crippen LogP contribution in [0, 0.1) is 0 Å². The minimum Gasteiger partial charge on any atom is -0.729 e. The van der Waals surface area contributed by atoms with Gasteiger partial charge in [0, 0.05) is 108 Å². The largest absolute Gasteiger partial charge is 0.729 e. The fourth-order valence-corrected chi connectivity index (χ4v) is 4.22. The van der Waals surface area contributed by atoms with Crippen molar-refractivity contribution < 1.29 is 1.41 Å². The summed E-state index contributed by atoms with van der Waals surface area (Å²) >= 11 is 1.73. The molecule has 0 aliphatic rings.